The van der Waals surface area contributed by atoms with Crippen LogP contribution in [-0.2, 0) is 6.42 Å². The van der Waals surface area contributed by atoms with Crippen molar-refractivity contribution < 1.29 is 4.74 Å². The van der Waals surface area contributed by atoms with E-state index in [0.29, 0.717) is 18.6 Å². The molecule has 19 heavy (non-hydrogen) atoms. The number of hydrogen-bond donors (Lipinski definition) is 1. The van der Waals surface area contributed by atoms with E-state index in [2.05, 4.69) is 41.1 Å². The first-order valence-electron chi connectivity index (χ1n) is 7.39. The lowest BCUT2D eigenvalue weighted by Gasteiger charge is -2.31. The SMILES string of the molecule is CCC1CCCCC1Oc1ccc(CCN)cc1Br. The number of nitrogens with two attached hydrogens (primary N) is 1. The number of hydrogen-bond acceptors (Lipinski definition) is 2. The summed E-state index contributed by atoms with van der Waals surface area (Å²) in [7, 11) is 0. The zero-order valence-corrected chi connectivity index (χ0v) is 13.3. The molecule has 2 N–H and O–H groups in total. The van der Waals surface area contributed by atoms with Gasteiger partial charge in [-0.05, 0) is 78.2 Å². The van der Waals surface area contributed by atoms with E-state index in [4.69, 9.17) is 10.5 Å². The van der Waals surface area contributed by atoms with Crippen molar-refractivity contribution in [2.24, 2.45) is 11.7 Å². The average Bonchev–Trinajstić information content (AvgIpc) is 2.43. The van der Waals surface area contributed by atoms with Gasteiger partial charge in [-0.3, -0.25) is 0 Å². The van der Waals surface area contributed by atoms with Gasteiger partial charge >= 0.3 is 0 Å². The van der Waals surface area contributed by atoms with Crippen LogP contribution in [0.4, 0.5) is 0 Å². The Morgan fingerprint density at radius 3 is 2.79 bits per heavy atom. The van der Waals surface area contributed by atoms with E-state index in [9.17, 15) is 0 Å². The fourth-order valence-electron chi connectivity index (χ4n) is 2.92. The Morgan fingerprint density at radius 2 is 2.11 bits per heavy atom. The third-order valence-electron chi connectivity index (χ3n) is 4.07. The van der Waals surface area contributed by atoms with E-state index in [1.165, 1.54) is 37.7 Å². The van der Waals surface area contributed by atoms with E-state index in [1.807, 2.05) is 0 Å². The minimum absolute atomic E-state index is 0.385. The van der Waals surface area contributed by atoms with Gasteiger partial charge in [0.25, 0.3) is 0 Å². The van der Waals surface area contributed by atoms with Crippen molar-refractivity contribution in [3.05, 3.63) is 28.2 Å². The molecule has 106 valence electrons. The van der Waals surface area contributed by atoms with Crippen LogP contribution in [0.15, 0.2) is 22.7 Å². The Bertz CT molecular complexity index is 408. The van der Waals surface area contributed by atoms with Gasteiger partial charge < -0.3 is 10.5 Å². The topological polar surface area (TPSA) is 35.2 Å². The molecular weight excluding hydrogens is 302 g/mol. The molecule has 0 saturated heterocycles. The number of ether oxygens (including phenoxy) is 1. The molecule has 1 fully saturated rings. The summed E-state index contributed by atoms with van der Waals surface area (Å²) in [6.07, 6.45) is 7.67. The monoisotopic (exact) mass is 325 g/mol. The highest BCUT2D eigenvalue weighted by atomic mass is 79.9. The van der Waals surface area contributed by atoms with Crippen LogP contribution in [-0.4, -0.2) is 12.6 Å². The Balaban J connectivity index is 2.05. The van der Waals surface area contributed by atoms with Crippen LogP contribution in [0.5, 0.6) is 5.75 Å². The summed E-state index contributed by atoms with van der Waals surface area (Å²) in [4.78, 5) is 0. The standard InChI is InChI=1S/C16H24BrNO/c1-2-13-5-3-4-6-15(13)19-16-8-7-12(9-10-18)11-14(16)17/h7-8,11,13,15H,2-6,9-10,18H2,1H3. The van der Waals surface area contributed by atoms with Gasteiger partial charge in [0.1, 0.15) is 11.9 Å². The van der Waals surface area contributed by atoms with Crippen LogP contribution in [0.1, 0.15) is 44.6 Å². The summed E-state index contributed by atoms with van der Waals surface area (Å²) < 4.78 is 7.30. The Morgan fingerprint density at radius 1 is 1.32 bits per heavy atom. The number of benzene rings is 1. The Kier molecular flexibility index (Phi) is 5.71. The molecule has 0 spiro atoms. The minimum atomic E-state index is 0.385. The van der Waals surface area contributed by atoms with Gasteiger partial charge in [-0.15, -0.1) is 0 Å². The zero-order chi connectivity index (χ0) is 13.7. The minimum Gasteiger partial charge on any atom is -0.489 e. The molecule has 2 rings (SSSR count). The third kappa shape index (κ3) is 3.96. The average molecular weight is 326 g/mol. The first kappa shape index (κ1) is 14.9. The molecule has 0 amide bonds. The molecule has 2 nitrogen and oxygen atoms in total. The van der Waals surface area contributed by atoms with Crippen molar-refractivity contribution in [3.63, 3.8) is 0 Å². The van der Waals surface area contributed by atoms with E-state index in [0.717, 1.165) is 16.6 Å². The Hall–Kier alpha value is -0.540. The van der Waals surface area contributed by atoms with E-state index in [-0.39, 0.29) is 0 Å². The largest absolute Gasteiger partial charge is 0.489 e. The maximum atomic E-state index is 6.24. The normalized spacial score (nSPS) is 23.3. The lowest BCUT2D eigenvalue weighted by molar-refractivity contribution is 0.0896. The van der Waals surface area contributed by atoms with Crippen molar-refractivity contribution in [3.8, 4) is 5.75 Å². The van der Waals surface area contributed by atoms with Gasteiger partial charge in [0.15, 0.2) is 0 Å². The quantitative estimate of drug-likeness (QED) is 0.876. The maximum Gasteiger partial charge on any atom is 0.133 e. The molecule has 0 radical (unpaired) electrons. The first-order chi connectivity index (χ1) is 9.24. The van der Waals surface area contributed by atoms with Gasteiger partial charge in [-0.2, -0.15) is 0 Å². The molecule has 1 aromatic rings. The van der Waals surface area contributed by atoms with Gasteiger partial charge in [0.2, 0.25) is 0 Å². The predicted molar refractivity (Wildman–Crippen MR) is 83.6 cm³/mol. The van der Waals surface area contributed by atoms with Crippen LogP contribution in [0.25, 0.3) is 0 Å². The molecule has 1 aliphatic carbocycles. The van der Waals surface area contributed by atoms with E-state index >= 15 is 0 Å². The van der Waals surface area contributed by atoms with Crippen molar-refractivity contribution in [2.45, 2.75) is 51.6 Å². The molecule has 2 atom stereocenters. The van der Waals surface area contributed by atoms with Crippen molar-refractivity contribution in [2.75, 3.05) is 6.54 Å². The number of rotatable bonds is 5. The number of halogens is 1. The molecular formula is C16H24BrNO. The lowest BCUT2D eigenvalue weighted by atomic mass is 9.85. The van der Waals surface area contributed by atoms with E-state index in [1.54, 1.807) is 0 Å². The first-order valence-corrected chi connectivity index (χ1v) is 8.19. The molecule has 0 heterocycles. The summed E-state index contributed by atoms with van der Waals surface area (Å²) >= 11 is 3.62. The van der Waals surface area contributed by atoms with Crippen LogP contribution >= 0.6 is 15.9 Å². The van der Waals surface area contributed by atoms with Crippen LogP contribution in [0.3, 0.4) is 0 Å². The van der Waals surface area contributed by atoms with Gasteiger partial charge in [-0.1, -0.05) is 19.4 Å². The second-order valence-corrected chi connectivity index (χ2v) is 6.27. The van der Waals surface area contributed by atoms with Crippen LogP contribution in [0.2, 0.25) is 0 Å². The molecule has 1 aliphatic rings. The zero-order valence-electron chi connectivity index (χ0n) is 11.7. The fraction of sp³-hybridized carbons (Fsp3) is 0.625. The highest BCUT2D eigenvalue weighted by Gasteiger charge is 2.25. The lowest BCUT2D eigenvalue weighted by Crippen LogP contribution is -2.30. The van der Waals surface area contributed by atoms with E-state index < -0.39 is 0 Å². The van der Waals surface area contributed by atoms with Crippen molar-refractivity contribution >= 4 is 15.9 Å². The second kappa shape index (κ2) is 7.30. The highest BCUT2D eigenvalue weighted by Crippen LogP contribution is 2.33. The van der Waals surface area contributed by atoms with Crippen molar-refractivity contribution in [1.29, 1.82) is 0 Å². The van der Waals surface area contributed by atoms with Crippen LogP contribution in [0, 0.1) is 5.92 Å². The Labute approximate surface area is 124 Å². The molecule has 1 saturated carbocycles. The summed E-state index contributed by atoms with van der Waals surface area (Å²) in [5, 5.41) is 0. The van der Waals surface area contributed by atoms with Crippen molar-refractivity contribution in [1.82, 2.24) is 0 Å². The van der Waals surface area contributed by atoms with Gasteiger partial charge in [0.05, 0.1) is 4.47 Å². The second-order valence-electron chi connectivity index (χ2n) is 5.41. The predicted octanol–water partition coefficient (Wildman–Crippen LogP) is 4.30. The molecule has 3 heteroatoms. The van der Waals surface area contributed by atoms with Gasteiger partial charge in [0, 0.05) is 0 Å². The fourth-order valence-corrected chi connectivity index (χ4v) is 3.44. The molecule has 0 aliphatic heterocycles. The van der Waals surface area contributed by atoms with Crippen LogP contribution < -0.4 is 10.5 Å². The molecule has 0 bridgehead atoms. The molecule has 2 unspecified atom stereocenters. The smallest absolute Gasteiger partial charge is 0.133 e. The highest BCUT2D eigenvalue weighted by molar-refractivity contribution is 9.10. The third-order valence-corrected chi connectivity index (χ3v) is 4.69. The summed E-state index contributed by atoms with van der Waals surface area (Å²) in [6, 6.07) is 6.33. The van der Waals surface area contributed by atoms with Gasteiger partial charge in [-0.25, -0.2) is 0 Å². The molecule has 1 aromatic carbocycles. The molecule has 0 aromatic heterocycles. The summed E-state index contributed by atoms with van der Waals surface area (Å²) in [5.74, 6) is 1.69. The summed E-state index contributed by atoms with van der Waals surface area (Å²) in [5.41, 5.74) is 6.85. The maximum absolute atomic E-state index is 6.24. The summed E-state index contributed by atoms with van der Waals surface area (Å²) in [6.45, 7) is 2.96.